The maximum Gasteiger partial charge on any atom is 0.238 e. The van der Waals surface area contributed by atoms with Gasteiger partial charge in [0.05, 0.1) is 15.8 Å². The first-order chi connectivity index (χ1) is 11.3. The summed E-state index contributed by atoms with van der Waals surface area (Å²) < 4.78 is 0. The molecule has 0 spiro atoms. The number of aromatic nitrogens is 2. The zero-order valence-electron chi connectivity index (χ0n) is 13.8. The van der Waals surface area contributed by atoms with E-state index >= 15 is 0 Å². The molecule has 2 heterocycles. The summed E-state index contributed by atoms with van der Waals surface area (Å²) in [4.78, 5) is 20.8. The average Bonchev–Trinajstić information content (AvgIpc) is 2.55. The number of carbonyl (C=O) groups excluding carboxylic acids is 1. The normalized spacial score (nSPS) is 11.7. The standard InChI is InChI=1S/C17H17ClN4OS/c1-9-10(2)14(7-19)17(21-11(9)3)24-12(4)16(23)22-15-6-5-13(18)8-20-15/h5-6,8,12H,1-4H3,(H,20,22,23)/t12-/m1/s1. The van der Waals surface area contributed by atoms with E-state index in [-0.39, 0.29) is 5.91 Å². The molecule has 1 atom stereocenters. The zero-order valence-corrected chi connectivity index (χ0v) is 15.4. The van der Waals surface area contributed by atoms with Gasteiger partial charge in [-0.25, -0.2) is 9.97 Å². The van der Waals surface area contributed by atoms with Crippen LogP contribution in [0.1, 0.15) is 29.3 Å². The number of carbonyl (C=O) groups is 1. The summed E-state index contributed by atoms with van der Waals surface area (Å²) in [6.07, 6.45) is 1.47. The smallest absolute Gasteiger partial charge is 0.238 e. The van der Waals surface area contributed by atoms with Crippen LogP contribution in [0.15, 0.2) is 23.4 Å². The fraction of sp³-hybridized carbons (Fsp3) is 0.294. The van der Waals surface area contributed by atoms with Gasteiger partial charge in [-0.05, 0) is 51.0 Å². The van der Waals surface area contributed by atoms with E-state index in [1.165, 1.54) is 18.0 Å². The van der Waals surface area contributed by atoms with Crippen LogP contribution >= 0.6 is 23.4 Å². The summed E-state index contributed by atoms with van der Waals surface area (Å²) in [6, 6.07) is 5.48. The zero-order chi connectivity index (χ0) is 17.9. The van der Waals surface area contributed by atoms with E-state index in [4.69, 9.17) is 11.6 Å². The Morgan fingerprint density at radius 2 is 2.04 bits per heavy atom. The Labute approximate surface area is 150 Å². The Morgan fingerprint density at radius 1 is 1.33 bits per heavy atom. The number of nitrogens with one attached hydrogen (secondary N) is 1. The molecule has 7 heteroatoms. The molecule has 24 heavy (non-hydrogen) atoms. The third-order valence-corrected chi connectivity index (χ3v) is 5.02. The predicted octanol–water partition coefficient (Wildman–Crippen LogP) is 4.05. The Hall–Kier alpha value is -2.10. The fourth-order valence-corrected chi connectivity index (χ4v) is 3.15. The van der Waals surface area contributed by atoms with Crippen LogP contribution in [-0.4, -0.2) is 21.1 Å². The summed E-state index contributed by atoms with van der Waals surface area (Å²) in [5.74, 6) is 0.220. The predicted molar refractivity (Wildman–Crippen MR) is 96.4 cm³/mol. The van der Waals surface area contributed by atoms with E-state index in [0.717, 1.165) is 16.8 Å². The largest absolute Gasteiger partial charge is 0.310 e. The third-order valence-electron chi connectivity index (χ3n) is 3.71. The molecule has 1 amide bonds. The minimum absolute atomic E-state index is 0.212. The number of anilines is 1. The molecule has 1 N–H and O–H groups in total. The van der Waals surface area contributed by atoms with Crippen molar-refractivity contribution in [2.75, 3.05) is 5.32 Å². The maximum atomic E-state index is 12.3. The summed E-state index contributed by atoms with van der Waals surface area (Å²) in [5.41, 5.74) is 3.28. The molecule has 0 bridgehead atoms. The second-order valence-electron chi connectivity index (χ2n) is 5.35. The SMILES string of the molecule is Cc1nc(S[C@H](C)C(=O)Nc2ccc(Cl)cn2)c(C#N)c(C)c1C. The highest BCUT2D eigenvalue weighted by Gasteiger charge is 2.20. The van der Waals surface area contributed by atoms with Gasteiger partial charge in [0.25, 0.3) is 0 Å². The molecule has 0 fully saturated rings. The lowest BCUT2D eigenvalue weighted by atomic mass is 10.1. The summed E-state index contributed by atoms with van der Waals surface area (Å²) in [5, 5.41) is 12.8. The topological polar surface area (TPSA) is 78.7 Å². The van der Waals surface area contributed by atoms with E-state index in [2.05, 4.69) is 21.4 Å². The first-order valence-electron chi connectivity index (χ1n) is 7.30. The van der Waals surface area contributed by atoms with Crippen LogP contribution in [0.2, 0.25) is 5.02 Å². The second-order valence-corrected chi connectivity index (χ2v) is 7.12. The van der Waals surface area contributed by atoms with Crippen molar-refractivity contribution >= 4 is 35.1 Å². The summed E-state index contributed by atoms with van der Waals surface area (Å²) >= 11 is 7.04. The maximum absolute atomic E-state index is 12.3. The molecule has 124 valence electrons. The van der Waals surface area contributed by atoms with E-state index in [0.29, 0.717) is 21.4 Å². The van der Waals surface area contributed by atoms with Gasteiger partial charge in [0.2, 0.25) is 5.91 Å². The van der Waals surface area contributed by atoms with Crippen molar-refractivity contribution in [1.29, 1.82) is 5.26 Å². The molecule has 0 radical (unpaired) electrons. The van der Waals surface area contributed by atoms with Gasteiger partial charge in [-0.1, -0.05) is 23.4 Å². The van der Waals surface area contributed by atoms with Crippen molar-refractivity contribution in [3.05, 3.63) is 45.7 Å². The second kappa shape index (κ2) is 7.65. The molecule has 2 aromatic rings. The van der Waals surface area contributed by atoms with Crippen LogP contribution in [0.25, 0.3) is 0 Å². The van der Waals surface area contributed by atoms with E-state index in [9.17, 15) is 10.1 Å². The summed E-state index contributed by atoms with van der Waals surface area (Å²) in [7, 11) is 0. The molecule has 0 saturated carbocycles. The van der Waals surface area contributed by atoms with E-state index in [1.807, 2.05) is 20.8 Å². The number of hydrogen-bond acceptors (Lipinski definition) is 5. The van der Waals surface area contributed by atoms with Crippen molar-refractivity contribution in [3.63, 3.8) is 0 Å². The molecule has 0 aromatic carbocycles. The molecule has 0 saturated heterocycles. The van der Waals surface area contributed by atoms with Crippen molar-refractivity contribution in [2.45, 2.75) is 38.0 Å². The Morgan fingerprint density at radius 3 is 2.62 bits per heavy atom. The lowest BCUT2D eigenvalue weighted by Crippen LogP contribution is -2.23. The minimum atomic E-state index is -0.427. The lowest BCUT2D eigenvalue weighted by molar-refractivity contribution is -0.115. The van der Waals surface area contributed by atoms with Crippen LogP contribution in [-0.2, 0) is 4.79 Å². The van der Waals surface area contributed by atoms with Crippen LogP contribution < -0.4 is 5.32 Å². The van der Waals surface area contributed by atoms with Gasteiger partial charge in [0.1, 0.15) is 16.9 Å². The van der Waals surface area contributed by atoms with E-state index < -0.39 is 5.25 Å². The van der Waals surface area contributed by atoms with Gasteiger partial charge < -0.3 is 5.32 Å². The number of amides is 1. The Balaban J connectivity index is 2.17. The Kier molecular flexibility index (Phi) is 5.81. The van der Waals surface area contributed by atoms with Crippen LogP contribution in [0.5, 0.6) is 0 Å². The minimum Gasteiger partial charge on any atom is -0.310 e. The van der Waals surface area contributed by atoms with Crippen molar-refractivity contribution in [3.8, 4) is 6.07 Å². The molecular formula is C17H17ClN4OS. The highest BCUT2D eigenvalue weighted by Crippen LogP contribution is 2.29. The molecule has 5 nitrogen and oxygen atoms in total. The first kappa shape index (κ1) is 18.2. The number of thioether (sulfide) groups is 1. The number of pyridine rings is 2. The van der Waals surface area contributed by atoms with Crippen LogP contribution in [0.4, 0.5) is 5.82 Å². The number of rotatable bonds is 4. The van der Waals surface area contributed by atoms with Gasteiger partial charge in [-0.2, -0.15) is 5.26 Å². The van der Waals surface area contributed by atoms with Gasteiger partial charge in [-0.3, -0.25) is 4.79 Å². The molecule has 0 aliphatic heterocycles. The lowest BCUT2D eigenvalue weighted by Gasteiger charge is -2.15. The van der Waals surface area contributed by atoms with Crippen molar-refractivity contribution in [1.82, 2.24) is 9.97 Å². The van der Waals surface area contributed by atoms with Crippen LogP contribution in [0.3, 0.4) is 0 Å². The average molecular weight is 361 g/mol. The molecular weight excluding hydrogens is 344 g/mol. The molecule has 0 aliphatic carbocycles. The van der Waals surface area contributed by atoms with Crippen molar-refractivity contribution in [2.24, 2.45) is 0 Å². The highest BCUT2D eigenvalue weighted by molar-refractivity contribution is 8.00. The molecule has 2 rings (SSSR count). The van der Waals surface area contributed by atoms with E-state index in [1.54, 1.807) is 19.1 Å². The summed E-state index contributed by atoms with van der Waals surface area (Å²) in [6.45, 7) is 7.50. The fourth-order valence-electron chi connectivity index (χ4n) is 2.03. The number of hydrogen-bond donors (Lipinski definition) is 1. The Bertz CT molecular complexity index is 815. The number of halogens is 1. The number of aryl methyl sites for hydroxylation is 1. The first-order valence-corrected chi connectivity index (χ1v) is 8.56. The quantitative estimate of drug-likeness (QED) is 0.832. The van der Waals surface area contributed by atoms with Crippen molar-refractivity contribution < 1.29 is 4.79 Å². The monoisotopic (exact) mass is 360 g/mol. The molecule has 0 aliphatic rings. The number of nitriles is 1. The molecule has 0 unspecified atom stereocenters. The number of nitrogens with zero attached hydrogens (tertiary/aromatic N) is 3. The van der Waals surface area contributed by atoms with Gasteiger partial charge >= 0.3 is 0 Å². The highest BCUT2D eigenvalue weighted by atomic mass is 35.5. The van der Waals surface area contributed by atoms with Gasteiger partial charge in [-0.15, -0.1) is 0 Å². The third kappa shape index (κ3) is 4.05. The van der Waals surface area contributed by atoms with Gasteiger partial charge in [0, 0.05) is 11.9 Å². The van der Waals surface area contributed by atoms with Gasteiger partial charge in [0.15, 0.2) is 0 Å². The molecule has 2 aromatic heterocycles. The van der Waals surface area contributed by atoms with Crippen LogP contribution in [0, 0.1) is 32.1 Å².